The normalized spacial score (nSPS) is 11.9. The fourth-order valence-electron chi connectivity index (χ4n) is 0.941. The van der Waals surface area contributed by atoms with E-state index in [0.29, 0.717) is 0 Å². The molecular formula is C9H9Cl2N3O3. The molecule has 0 aliphatic carbocycles. The lowest BCUT2D eigenvalue weighted by Crippen LogP contribution is -2.31. The molecule has 0 bridgehead atoms. The van der Waals surface area contributed by atoms with Crippen molar-refractivity contribution >= 4 is 35.1 Å². The van der Waals surface area contributed by atoms with E-state index in [1.807, 2.05) is 0 Å². The zero-order valence-electron chi connectivity index (χ0n) is 8.78. The topological polar surface area (TPSA) is 92.2 Å². The van der Waals surface area contributed by atoms with E-state index in [1.54, 1.807) is 0 Å². The number of aliphatic carboxylic acids is 1. The molecule has 0 aliphatic rings. The number of rotatable bonds is 4. The zero-order chi connectivity index (χ0) is 13.0. The van der Waals surface area contributed by atoms with E-state index in [4.69, 9.17) is 28.3 Å². The molecule has 17 heavy (non-hydrogen) atoms. The highest BCUT2D eigenvalue weighted by molar-refractivity contribution is 6.34. The molecular weight excluding hydrogens is 269 g/mol. The summed E-state index contributed by atoms with van der Waals surface area (Å²) >= 11 is 11.2. The molecule has 1 atom stereocenters. The highest BCUT2D eigenvalue weighted by atomic mass is 35.5. The first kappa shape index (κ1) is 13.7. The van der Waals surface area contributed by atoms with Crippen molar-refractivity contribution in [2.24, 2.45) is 5.92 Å². The van der Waals surface area contributed by atoms with Crippen molar-refractivity contribution in [3.63, 3.8) is 0 Å². The molecule has 6 nitrogen and oxygen atoms in total. The van der Waals surface area contributed by atoms with Crippen molar-refractivity contribution in [3.05, 3.63) is 21.9 Å². The van der Waals surface area contributed by atoms with Gasteiger partial charge in [-0.25, -0.2) is 0 Å². The summed E-state index contributed by atoms with van der Waals surface area (Å²) in [6.07, 6.45) is 0. The fraction of sp³-hybridized carbons (Fsp3) is 0.333. The number of hydrogen-bond donors (Lipinski definition) is 2. The van der Waals surface area contributed by atoms with Crippen molar-refractivity contribution in [3.8, 4) is 0 Å². The maximum atomic E-state index is 11.6. The molecule has 1 aromatic rings. The number of aromatic nitrogens is 2. The molecule has 2 N–H and O–H groups in total. The van der Waals surface area contributed by atoms with Gasteiger partial charge in [-0.3, -0.25) is 9.59 Å². The Balaban J connectivity index is 2.70. The molecule has 1 rings (SSSR count). The van der Waals surface area contributed by atoms with Crippen molar-refractivity contribution in [1.29, 1.82) is 0 Å². The van der Waals surface area contributed by atoms with Gasteiger partial charge in [0.1, 0.15) is 0 Å². The minimum atomic E-state index is -0.998. The molecule has 0 saturated heterocycles. The van der Waals surface area contributed by atoms with Crippen LogP contribution in [0.15, 0.2) is 6.07 Å². The quantitative estimate of drug-likeness (QED) is 0.864. The standard InChI is InChI=1S/C9H9Cl2N3O3/c1-4(9(16)17)3-12-8(15)5-2-6(10)13-14-7(5)11/h2,4H,3H2,1H3,(H,12,15)(H,16,17). The van der Waals surface area contributed by atoms with Gasteiger partial charge in [0.15, 0.2) is 10.3 Å². The number of hydrogen-bond acceptors (Lipinski definition) is 4. The molecule has 1 aromatic heterocycles. The van der Waals surface area contributed by atoms with E-state index in [-0.39, 0.29) is 22.4 Å². The van der Waals surface area contributed by atoms with Gasteiger partial charge in [0.05, 0.1) is 11.5 Å². The van der Waals surface area contributed by atoms with E-state index >= 15 is 0 Å². The Bertz CT molecular complexity index is 453. The molecule has 0 spiro atoms. The van der Waals surface area contributed by atoms with Crippen LogP contribution in [-0.4, -0.2) is 33.7 Å². The lowest BCUT2D eigenvalue weighted by Gasteiger charge is -2.08. The van der Waals surface area contributed by atoms with Crippen LogP contribution in [0.1, 0.15) is 17.3 Å². The van der Waals surface area contributed by atoms with Gasteiger partial charge < -0.3 is 10.4 Å². The highest BCUT2D eigenvalue weighted by Crippen LogP contribution is 2.15. The average Bonchev–Trinajstić information content (AvgIpc) is 2.28. The number of halogens is 2. The minimum absolute atomic E-state index is 0.00949. The maximum absolute atomic E-state index is 11.6. The smallest absolute Gasteiger partial charge is 0.308 e. The Hall–Kier alpha value is -1.40. The summed E-state index contributed by atoms with van der Waals surface area (Å²) in [5, 5.41) is 17.9. The molecule has 0 aliphatic heterocycles. The summed E-state index contributed by atoms with van der Waals surface area (Å²) in [4.78, 5) is 22.2. The molecule has 1 heterocycles. The number of carboxylic acids is 1. The molecule has 0 saturated carbocycles. The van der Waals surface area contributed by atoms with E-state index in [2.05, 4.69) is 15.5 Å². The summed E-state index contributed by atoms with van der Waals surface area (Å²) in [7, 11) is 0. The van der Waals surface area contributed by atoms with Gasteiger partial charge >= 0.3 is 5.97 Å². The fourth-order valence-corrected chi connectivity index (χ4v) is 1.27. The highest BCUT2D eigenvalue weighted by Gasteiger charge is 2.16. The predicted octanol–water partition coefficient (Wildman–Crippen LogP) is 1.23. The van der Waals surface area contributed by atoms with Crippen LogP contribution in [0.2, 0.25) is 10.3 Å². The Morgan fingerprint density at radius 2 is 2.12 bits per heavy atom. The number of amides is 1. The first-order chi connectivity index (χ1) is 7.91. The van der Waals surface area contributed by atoms with E-state index in [9.17, 15) is 9.59 Å². The van der Waals surface area contributed by atoms with Crippen LogP contribution in [-0.2, 0) is 4.79 Å². The van der Waals surface area contributed by atoms with Crippen LogP contribution in [0.25, 0.3) is 0 Å². The third kappa shape index (κ3) is 3.83. The monoisotopic (exact) mass is 277 g/mol. The minimum Gasteiger partial charge on any atom is -0.481 e. The Labute approximate surface area is 107 Å². The van der Waals surface area contributed by atoms with Crippen molar-refractivity contribution in [1.82, 2.24) is 15.5 Å². The van der Waals surface area contributed by atoms with Gasteiger partial charge in [0.25, 0.3) is 5.91 Å². The van der Waals surface area contributed by atoms with Crippen molar-refractivity contribution in [2.45, 2.75) is 6.92 Å². The maximum Gasteiger partial charge on any atom is 0.308 e. The van der Waals surface area contributed by atoms with Crippen LogP contribution in [0, 0.1) is 5.92 Å². The molecule has 92 valence electrons. The largest absolute Gasteiger partial charge is 0.481 e. The van der Waals surface area contributed by atoms with Crippen LogP contribution in [0.4, 0.5) is 0 Å². The predicted molar refractivity (Wildman–Crippen MR) is 61.2 cm³/mol. The van der Waals surface area contributed by atoms with Gasteiger partial charge in [-0.15, -0.1) is 10.2 Å². The third-order valence-corrected chi connectivity index (χ3v) is 2.42. The molecule has 1 unspecified atom stereocenters. The second kappa shape index (κ2) is 5.79. The summed E-state index contributed by atoms with van der Waals surface area (Å²) in [5.41, 5.74) is 0.0595. The summed E-state index contributed by atoms with van der Waals surface area (Å²) < 4.78 is 0. The van der Waals surface area contributed by atoms with E-state index in [0.717, 1.165) is 0 Å². The number of nitrogens with one attached hydrogen (secondary N) is 1. The number of carboxylic acid groups (broad SMARTS) is 1. The van der Waals surface area contributed by atoms with Crippen LogP contribution in [0.3, 0.4) is 0 Å². The second-order valence-corrected chi connectivity index (χ2v) is 4.07. The second-order valence-electron chi connectivity index (χ2n) is 3.32. The molecule has 8 heteroatoms. The van der Waals surface area contributed by atoms with Crippen molar-refractivity contribution in [2.75, 3.05) is 6.54 Å². The van der Waals surface area contributed by atoms with Gasteiger partial charge in [-0.05, 0) is 6.07 Å². The van der Waals surface area contributed by atoms with Gasteiger partial charge in [-0.1, -0.05) is 30.1 Å². The summed E-state index contributed by atoms with van der Waals surface area (Å²) in [5.74, 6) is -2.23. The first-order valence-corrected chi connectivity index (χ1v) is 5.37. The molecule has 0 fully saturated rings. The van der Waals surface area contributed by atoms with Crippen LogP contribution >= 0.6 is 23.2 Å². The van der Waals surface area contributed by atoms with Crippen molar-refractivity contribution < 1.29 is 14.7 Å². The number of carbonyl (C=O) groups excluding carboxylic acids is 1. The number of nitrogens with zero attached hydrogens (tertiary/aromatic N) is 2. The van der Waals surface area contributed by atoms with Gasteiger partial charge in [0.2, 0.25) is 0 Å². The van der Waals surface area contributed by atoms with Crippen LogP contribution in [0.5, 0.6) is 0 Å². The third-order valence-electron chi connectivity index (χ3n) is 1.95. The van der Waals surface area contributed by atoms with Crippen LogP contribution < -0.4 is 5.32 Å². The molecule has 0 aromatic carbocycles. The van der Waals surface area contributed by atoms with E-state index < -0.39 is 17.8 Å². The molecule has 0 radical (unpaired) electrons. The Morgan fingerprint density at radius 1 is 1.47 bits per heavy atom. The SMILES string of the molecule is CC(CNC(=O)c1cc(Cl)nnc1Cl)C(=O)O. The molecule has 1 amide bonds. The van der Waals surface area contributed by atoms with E-state index in [1.165, 1.54) is 13.0 Å². The lowest BCUT2D eigenvalue weighted by atomic mass is 10.2. The first-order valence-electron chi connectivity index (χ1n) is 4.61. The average molecular weight is 278 g/mol. The Morgan fingerprint density at radius 3 is 2.71 bits per heavy atom. The zero-order valence-corrected chi connectivity index (χ0v) is 10.3. The summed E-state index contributed by atoms with van der Waals surface area (Å²) in [6, 6.07) is 1.26. The van der Waals surface area contributed by atoms with Gasteiger partial charge in [-0.2, -0.15) is 0 Å². The number of carbonyl (C=O) groups is 2. The Kier molecular flexibility index (Phi) is 4.65. The summed E-state index contributed by atoms with van der Waals surface area (Å²) in [6.45, 7) is 1.46. The van der Waals surface area contributed by atoms with Gasteiger partial charge in [0, 0.05) is 6.54 Å². The lowest BCUT2D eigenvalue weighted by molar-refractivity contribution is -0.140.